The van der Waals surface area contributed by atoms with E-state index in [2.05, 4.69) is 6.07 Å². The molecule has 2 atom stereocenters. The van der Waals surface area contributed by atoms with Gasteiger partial charge in [0.05, 0.1) is 35.0 Å². The maximum atomic E-state index is 11.9. The standard InChI is InChI=1S/C13H16IN3O/c1-2-12(16)13(18)17(14)11(9-15)8-10-6-4-3-5-7-10/h3-7,11-12H,2,8,16H2,1H3/t11-,12-/m0/s1. The first-order valence-corrected chi connectivity index (χ1v) is 6.74. The molecule has 0 aliphatic rings. The minimum absolute atomic E-state index is 0.194. The Labute approximate surface area is 121 Å². The molecule has 0 fully saturated rings. The van der Waals surface area contributed by atoms with Crippen LogP contribution >= 0.6 is 22.9 Å². The summed E-state index contributed by atoms with van der Waals surface area (Å²) in [4.78, 5) is 11.9. The molecule has 96 valence electrons. The van der Waals surface area contributed by atoms with Crippen LogP contribution in [-0.2, 0) is 11.2 Å². The van der Waals surface area contributed by atoms with Gasteiger partial charge in [-0.25, -0.2) is 0 Å². The van der Waals surface area contributed by atoms with Gasteiger partial charge in [-0.2, -0.15) is 5.26 Å². The van der Waals surface area contributed by atoms with Crippen molar-refractivity contribution in [1.82, 2.24) is 3.11 Å². The second kappa shape index (κ2) is 7.34. The molecule has 0 unspecified atom stereocenters. The molecule has 0 saturated heterocycles. The number of carbonyl (C=O) groups is 1. The van der Waals surface area contributed by atoms with Crippen molar-refractivity contribution >= 4 is 28.8 Å². The molecule has 0 aromatic heterocycles. The van der Waals surface area contributed by atoms with Crippen molar-refractivity contribution in [2.45, 2.75) is 31.8 Å². The van der Waals surface area contributed by atoms with Crippen LogP contribution in [0.1, 0.15) is 18.9 Å². The van der Waals surface area contributed by atoms with E-state index >= 15 is 0 Å². The molecule has 18 heavy (non-hydrogen) atoms. The van der Waals surface area contributed by atoms with E-state index in [1.54, 1.807) is 0 Å². The number of carbonyl (C=O) groups excluding carboxylic acids is 1. The molecular formula is C13H16IN3O. The van der Waals surface area contributed by atoms with Gasteiger partial charge in [0.2, 0.25) is 5.91 Å². The molecule has 1 rings (SSSR count). The average molecular weight is 357 g/mol. The quantitative estimate of drug-likeness (QED) is 0.648. The molecule has 0 bridgehead atoms. The highest BCUT2D eigenvalue weighted by Gasteiger charge is 2.25. The Balaban J connectivity index is 2.73. The van der Waals surface area contributed by atoms with E-state index in [9.17, 15) is 10.1 Å². The maximum Gasteiger partial charge on any atom is 0.249 e. The van der Waals surface area contributed by atoms with E-state index in [4.69, 9.17) is 5.73 Å². The molecular weight excluding hydrogens is 341 g/mol. The van der Waals surface area contributed by atoms with Gasteiger partial charge in [-0.05, 0) is 12.0 Å². The zero-order chi connectivity index (χ0) is 13.5. The summed E-state index contributed by atoms with van der Waals surface area (Å²) in [5, 5.41) is 9.17. The Bertz CT molecular complexity index is 430. The Kier molecular flexibility index (Phi) is 6.09. The Morgan fingerprint density at radius 1 is 1.50 bits per heavy atom. The number of hydrogen-bond donors (Lipinski definition) is 1. The van der Waals surface area contributed by atoms with Crippen LogP contribution in [0.2, 0.25) is 0 Å². The highest BCUT2D eigenvalue weighted by Crippen LogP contribution is 2.14. The molecule has 4 nitrogen and oxygen atoms in total. The molecule has 0 saturated carbocycles. The summed E-state index contributed by atoms with van der Waals surface area (Å²) in [6.45, 7) is 1.85. The molecule has 1 aromatic carbocycles. The van der Waals surface area contributed by atoms with Gasteiger partial charge >= 0.3 is 0 Å². The summed E-state index contributed by atoms with van der Waals surface area (Å²) in [5.41, 5.74) is 6.73. The largest absolute Gasteiger partial charge is 0.320 e. The van der Waals surface area contributed by atoms with Gasteiger partial charge in [0.1, 0.15) is 6.04 Å². The number of halogens is 1. The number of nitrogens with zero attached hydrogens (tertiary/aromatic N) is 2. The molecule has 2 N–H and O–H groups in total. The van der Waals surface area contributed by atoms with Crippen LogP contribution in [0.4, 0.5) is 0 Å². The normalized spacial score (nSPS) is 13.4. The van der Waals surface area contributed by atoms with Crippen LogP contribution in [0, 0.1) is 11.3 Å². The van der Waals surface area contributed by atoms with Crippen LogP contribution in [-0.4, -0.2) is 21.1 Å². The van der Waals surface area contributed by atoms with E-state index < -0.39 is 12.1 Å². The van der Waals surface area contributed by atoms with E-state index in [0.717, 1.165) is 5.56 Å². The lowest BCUT2D eigenvalue weighted by molar-refractivity contribution is -0.127. The van der Waals surface area contributed by atoms with E-state index in [1.165, 1.54) is 3.11 Å². The number of benzene rings is 1. The van der Waals surface area contributed by atoms with Crippen LogP contribution < -0.4 is 5.73 Å². The lowest BCUT2D eigenvalue weighted by Crippen LogP contribution is -2.43. The van der Waals surface area contributed by atoms with Gasteiger partial charge in [0.25, 0.3) is 0 Å². The first kappa shape index (κ1) is 14.9. The van der Waals surface area contributed by atoms with E-state index in [1.807, 2.05) is 60.1 Å². The first-order valence-electron chi connectivity index (χ1n) is 5.78. The van der Waals surface area contributed by atoms with E-state index in [-0.39, 0.29) is 5.91 Å². The summed E-state index contributed by atoms with van der Waals surface area (Å²) < 4.78 is 1.42. The lowest BCUT2D eigenvalue weighted by Gasteiger charge is -2.23. The van der Waals surface area contributed by atoms with Crippen LogP contribution in [0.25, 0.3) is 0 Å². The fourth-order valence-corrected chi connectivity index (χ4v) is 2.18. The molecule has 0 radical (unpaired) electrons. The average Bonchev–Trinajstić information content (AvgIpc) is 2.43. The third-order valence-electron chi connectivity index (χ3n) is 2.66. The molecule has 0 spiro atoms. The van der Waals surface area contributed by atoms with Crippen LogP contribution in [0.3, 0.4) is 0 Å². The van der Waals surface area contributed by atoms with Crippen molar-refractivity contribution in [3.05, 3.63) is 35.9 Å². The van der Waals surface area contributed by atoms with Crippen molar-refractivity contribution in [2.75, 3.05) is 0 Å². The second-order valence-electron chi connectivity index (χ2n) is 4.00. The summed E-state index contributed by atoms with van der Waals surface area (Å²) in [6.07, 6.45) is 1.09. The predicted molar refractivity (Wildman–Crippen MR) is 78.7 cm³/mol. The molecule has 5 heteroatoms. The summed E-state index contributed by atoms with van der Waals surface area (Å²) >= 11 is 1.88. The third-order valence-corrected chi connectivity index (χ3v) is 3.81. The topological polar surface area (TPSA) is 70.1 Å². The van der Waals surface area contributed by atoms with Crippen molar-refractivity contribution in [3.63, 3.8) is 0 Å². The molecule has 1 amide bonds. The minimum atomic E-state index is -0.534. The smallest absolute Gasteiger partial charge is 0.249 e. The number of rotatable bonds is 5. The third kappa shape index (κ3) is 3.96. The highest BCUT2D eigenvalue weighted by atomic mass is 127. The zero-order valence-electron chi connectivity index (χ0n) is 10.2. The monoisotopic (exact) mass is 357 g/mol. The SMILES string of the molecule is CC[C@H](N)C(=O)N(I)[C@H](C#N)Cc1ccccc1. The van der Waals surface area contributed by atoms with Gasteiger partial charge in [-0.1, -0.05) is 37.3 Å². The lowest BCUT2D eigenvalue weighted by atomic mass is 10.1. The summed E-state index contributed by atoms with van der Waals surface area (Å²) in [7, 11) is 0. The van der Waals surface area contributed by atoms with Gasteiger partial charge in [0, 0.05) is 6.42 Å². The molecule has 0 aliphatic carbocycles. The minimum Gasteiger partial charge on any atom is -0.320 e. The first-order chi connectivity index (χ1) is 8.60. The van der Waals surface area contributed by atoms with E-state index in [0.29, 0.717) is 12.8 Å². The molecule has 1 aromatic rings. The maximum absolute atomic E-state index is 11.9. The Hall–Kier alpha value is -1.13. The highest BCUT2D eigenvalue weighted by molar-refractivity contribution is 14.1. The fraction of sp³-hybridized carbons (Fsp3) is 0.385. The van der Waals surface area contributed by atoms with Crippen molar-refractivity contribution in [2.24, 2.45) is 5.73 Å². The zero-order valence-corrected chi connectivity index (χ0v) is 12.4. The number of nitrogens with two attached hydrogens (primary N) is 1. The van der Waals surface area contributed by atoms with Gasteiger partial charge in [-0.3, -0.25) is 7.91 Å². The second-order valence-corrected chi connectivity index (χ2v) is 5.04. The van der Waals surface area contributed by atoms with Gasteiger partial charge in [-0.15, -0.1) is 0 Å². The van der Waals surface area contributed by atoms with Crippen molar-refractivity contribution in [1.29, 1.82) is 5.26 Å². The molecule has 0 aliphatic heterocycles. The predicted octanol–water partition coefficient (Wildman–Crippen LogP) is 2.04. The summed E-state index contributed by atoms with van der Waals surface area (Å²) in [6, 6.07) is 10.8. The number of nitriles is 1. The van der Waals surface area contributed by atoms with Crippen LogP contribution in [0.5, 0.6) is 0 Å². The Morgan fingerprint density at radius 2 is 2.11 bits per heavy atom. The molecule has 0 heterocycles. The number of hydrogen-bond acceptors (Lipinski definition) is 3. The number of amides is 1. The van der Waals surface area contributed by atoms with Crippen molar-refractivity contribution in [3.8, 4) is 6.07 Å². The van der Waals surface area contributed by atoms with Crippen molar-refractivity contribution < 1.29 is 4.79 Å². The summed E-state index contributed by atoms with van der Waals surface area (Å²) in [5.74, 6) is -0.194. The Morgan fingerprint density at radius 3 is 2.61 bits per heavy atom. The van der Waals surface area contributed by atoms with Crippen LogP contribution in [0.15, 0.2) is 30.3 Å². The van der Waals surface area contributed by atoms with Gasteiger partial charge in [0.15, 0.2) is 0 Å². The van der Waals surface area contributed by atoms with Gasteiger partial charge < -0.3 is 5.73 Å². The fourth-order valence-electron chi connectivity index (χ4n) is 1.50.